The number of nitriles is 1. The van der Waals surface area contributed by atoms with E-state index in [0.717, 1.165) is 32.5 Å². The maximum absolute atomic E-state index is 12.9. The van der Waals surface area contributed by atoms with Crippen molar-refractivity contribution in [3.05, 3.63) is 47.7 Å². The molecule has 0 radical (unpaired) electrons. The first-order valence-electron chi connectivity index (χ1n) is 10.0. The fourth-order valence-corrected chi connectivity index (χ4v) is 4.10. The van der Waals surface area contributed by atoms with Gasteiger partial charge in [-0.3, -0.25) is 9.69 Å². The Bertz CT molecular complexity index is 691. The van der Waals surface area contributed by atoms with E-state index in [1.54, 1.807) is 0 Å². The van der Waals surface area contributed by atoms with Crippen molar-refractivity contribution in [2.45, 2.75) is 51.7 Å². The van der Waals surface area contributed by atoms with E-state index in [-0.39, 0.29) is 11.5 Å². The van der Waals surface area contributed by atoms with E-state index in [4.69, 9.17) is 0 Å². The minimum atomic E-state index is -0.123. The number of hydrogen-bond donors (Lipinski definition) is 0. The Morgan fingerprint density at radius 1 is 1.11 bits per heavy atom. The topological polar surface area (TPSA) is 50.6 Å². The summed E-state index contributed by atoms with van der Waals surface area (Å²) < 4.78 is 0. The molecule has 2 saturated heterocycles. The highest BCUT2D eigenvalue weighted by Gasteiger charge is 2.27. The maximum atomic E-state index is 12.9. The van der Waals surface area contributed by atoms with Crippen LogP contribution in [0.15, 0.2) is 42.1 Å². The summed E-state index contributed by atoms with van der Waals surface area (Å²) in [6, 6.07) is 13.3. The third-order valence-electron chi connectivity index (χ3n) is 5.80. The second-order valence-electron chi connectivity index (χ2n) is 7.78. The summed E-state index contributed by atoms with van der Waals surface area (Å²) in [5, 5.41) is 9.57. The van der Waals surface area contributed by atoms with Crippen LogP contribution in [0.1, 0.15) is 38.7 Å². The summed E-state index contributed by atoms with van der Waals surface area (Å²) in [4.78, 5) is 19.3. The second-order valence-corrected chi connectivity index (χ2v) is 7.78. The summed E-state index contributed by atoms with van der Waals surface area (Å²) >= 11 is 0. The lowest BCUT2D eigenvalue weighted by Crippen LogP contribution is -2.49. The van der Waals surface area contributed by atoms with Crippen molar-refractivity contribution in [2.75, 3.05) is 26.2 Å². The zero-order valence-corrected chi connectivity index (χ0v) is 16.5. The lowest BCUT2D eigenvalue weighted by atomic mass is 9.98. The Hall–Kier alpha value is -2.32. The quantitative estimate of drug-likeness (QED) is 0.607. The normalized spacial score (nSPS) is 24.6. The van der Waals surface area contributed by atoms with Gasteiger partial charge >= 0.3 is 0 Å². The summed E-state index contributed by atoms with van der Waals surface area (Å²) in [6.45, 7) is 8.30. The molecule has 144 valence electrons. The summed E-state index contributed by atoms with van der Waals surface area (Å²) in [5.74, 6) is -0.123. The van der Waals surface area contributed by atoms with Gasteiger partial charge in [0.2, 0.25) is 0 Å². The van der Waals surface area contributed by atoms with E-state index in [2.05, 4.69) is 54.0 Å². The van der Waals surface area contributed by atoms with Crippen LogP contribution in [0.5, 0.6) is 0 Å². The average Bonchev–Trinajstić information content (AvgIpc) is 2.69. The van der Waals surface area contributed by atoms with Gasteiger partial charge in [-0.15, -0.1) is 0 Å². The van der Waals surface area contributed by atoms with Gasteiger partial charge in [0.25, 0.3) is 5.91 Å². The van der Waals surface area contributed by atoms with Crippen molar-refractivity contribution >= 4 is 5.91 Å². The van der Waals surface area contributed by atoms with Gasteiger partial charge in [0.1, 0.15) is 11.6 Å². The fraction of sp³-hybridized carbons (Fsp3) is 0.545. The number of rotatable bonds is 4. The lowest BCUT2D eigenvalue weighted by molar-refractivity contribution is -0.128. The Labute approximate surface area is 162 Å². The fourth-order valence-electron chi connectivity index (χ4n) is 4.10. The van der Waals surface area contributed by atoms with Crippen LogP contribution in [0.3, 0.4) is 0 Å². The monoisotopic (exact) mass is 366 g/mol. The van der Waals surface area contributed by atoms with Crippen molar-refractivity contribution < 1.29 is 4.79 Å². The van der Waals surface area contributed by atoms with Crippen LogP contribution in [0.2, 0.25) is 0 Å². The number of hydrogen-bond acceptors (Lipinski definition) is 4. The van der Waals surface area contributed by atoms with Crippen LogP contribution < -0.4 is 0 Å². The second kappa shape index (κ2) is 9.05. The van der Waals surface area contributed by atoms with Crippen molar-refractivity contribution in [1.82, 2.24) is 14.7 Å². The molecule has 0 spiro atoms. The predicted octanol–water partition coefficient (Wildman–Crippen LogP) is 3.00. The van der Waals surface area contributed by atoms with Crippen molar-refractivity contribution in [2.24, 2.45) is 0 Å². The molecule has 27 heavy (non-hydrogen) atoms. The Morgan fingerprint density at radius 2 is 1.74 bits per heavy atom. The third-order valence-corrected chi connectivity index (χ3v) is 5.80. The van der Waals surface area contributed by atoms with Crippen LogP contribution in [0.4, 0.5) is 0 Å². The molecule has 1 aromatic carbocycles. The molecule has 5 nitrogen and oxygen atoms in total. The third kappa shape index (κ3) is 4.90. The minimum absolute atomic E-state index is 0.123. The van der Waals surface area contributed by atoms with Crippen LogP contribution in [-0.2, 0) is 11.3 Å². The highest BCUT2D eigenvalue weighted by Crippen LogP contribution is 2.24. The van der Waals surface area contributed by atoms with Crippen LogP contribution >= 0.6 is 0 Å². The van der Waals surface area contributed by atoms with Crippen molar-refractivity contribution in [3.63, 3.8) is 0 Å². The first-order chi connectivity index (χ1) is 13.1. The zero-order chi connectivity index (χ0) is 19.2. The molecule has 5 heteroatoms. The Kier molecular flexibility index (Phi) is 6.52. The molecule has 0 aliphatic carbocycles. The number of carbonyl (C=O) groups excluding carboxylic acids is 1. The molecule has 1 amide bonds. The first-order valence-corrected chi connectivity index (χ1v) is 10.0. The van der Waals surface area contributed by atoms with Crippen LogP contribution in [0.25, 0.3) is 0 Å². The first kappa shape index (κ1) is 19.4. The predicted molar refractivity (Wildman–Crippen MR) is 107 cm³/mol. The number of carbonyl (C=O) groups is 1. The molecule has 0 bridgehead atoms. The van der Waals surface area contributed by atoms with Gasteiger partial charge in [-0.1, -0.05) is 30.3 Å². The van der Waals surface area contributed by atoms with Crippen molar-refractivity contribution in [3.8, 4) is 6.07 Å². The number of piperazine rings is 1. The van der Waals surface area contributed by atoms with Gasteiger partial charge in [-0.25, -0.2) is 0 Å². The molecule has 0 N–H and O–H groups in total. The standard InChI is InChI=1S/C22H30N4O/c1-18-7-6-8-19(2)26(18)17-21(15-23)22(27)25-13-11-24(12-14-25)16-20-9-4-3-5-10-20/h3-5,9-10,17-19H,6-8,11-14,16H2,1-2H3/b21-17-. The molecular formula is C22H30N4O. The number of likely N-dealkylation sites (tertiary alicyclic amines) is 1. The number of amides is 1. The molecule has 2 unspecified atom stereocenters. The van der Waals surface area contributed by atoms with Gasteiger partial charge in [0.05, 0.1) is 0 Å². The van der Waals surface area contributed by atoms with Gasteiger partial charge in [-0.2, -0.15) is 5.26 Å². The lowest BCUT2D eigenvalue weighted by Gasteiger charge is -2.39. The minimum Gasteiger partial charge on any atom is -0.371 e. The molecule has 2 aliphatic heterocycles. The molecule has 2 aliphatic rings. The van der Waals surface area contributed by atoms with Gasteiger partial charge in [-0.05, 0) is 38.7 Å². The molecule has 1 aromatic rings. The van der Waals surface area contributed by atoms with E-state index >= 15 is 0 Å². The Morgan fingerprint density at radius 3 is 2.33 bits per heavy atom. The van der Waals surface area contributed by atoms with E-state index < -0.39 is 0 Å². The van der Waals surface area contributed by atoms with Crippen LogP contribution in [-0.4, -0.2) is 58.9 Å². The maximum Gasteiger partial charge on any atom is 0.266 e. The van der Waals surface area contributed by atoms with E-state index in [1.807, 2.05) is 17.2 Å². The molecule has 2 fully saturated rings. The SMILES string of the molecule is CC1CCCC(C)N1/C=C(/C#N)C(=O)N1CCN(Cc2ccccc2)CC1. The highest BCUT2D eigenvalue weighted by molar-refractivity contribution is 5.97. The summed E-state index contributed by atoms with van der Waals surface area (Å²) in [7, 11) is 0. The van der Waals surface area contributed by atoms with E-state index in [0.29, 0.717) is 25.2 Å². The number of benzene rings is 1. The molecule has 2 atom stereocenters. The average molecular weight is 367 g/mol. The summed E-state index contributed by atoms with van der Waals surface area (Å²) in [5.41, 5.74) is 1.56. The van der Waals surface area contributed by atoms with Crippen molar-refractivity contribution in [1.29, 1.82) is 5.26 Å². The molecule has 2 heterocycles. The number of piperidine rings is 1. The summed E-state index contributed by atoms with van der Waals surface area (Å²) in [6.07, 6.45) is 5.26. The highest BCUT2D eigenvalue weighted by atomic mass is 16.2. The molecular weight excluding hydrogens is 336 g/mol. The van der Waals surface area contributed by atoms with Gasteiger partial charge in [0, 0.05) is 51.0 Å². The molecule has 0 saturated carbocycles. The smallest absolute Gasteiger partial charge is 0.266 e. The van der Waals surface area contributed by atoms with Gasteiger partial charge < -0.3 is 9.80 Å². The molecule has 0 aromatic heterocycles. The van der Waals surface area contributed by atoms with Gasteiger partial charge in [0.15, 0.2) is 0 Å². The number of nitrogens with zero attached hydrogens (tertiary/aromatic N) is 4. The van der Waals surface area contributed by atoms with E-state index in [1.165, 1.54) is 12.0 Å². The van der Waals surface area contributed by atoms with E-state index in [9.17, 15) is 10.1 Å². The van der Waals surface area contributed by atoms with Crippen LogP contribution in [0, 0.1) is 11.3 Å². The molecule has 3 rings (SSSR count). The zero-order valence-electron chi connectivity index (χ0n) is 16.5. The Balaban J connectivity index is 1.58. The largest absolute Gasteiger partial charge is 0.371 e.